The first-order valence-electron chi connectivity index (χ1n) is 7.62. The molecule has 1 fully saturated rings. The molecular formula is C15H27N3. The zero-order valence-corrected chi connectivity index (χ0v) is 11.9. The van der Waals surface area contributed by atoms with Crippen molar-refractivity contribution in [2.24, 2.45) is 0 Å². The lowest BCUT2D eigenvalue weighted by atomic mass is 10.2. The molecule has 0 aromatic carbocycles. The van der Waals surface area contributed by atoms with Crippen molar-refractivity contribution in [1.82, 2.24) is 15.1 Å². The van der Waals surface area contributed by atoms with Crippen molar-refractivity contribution >= 4 is 0 Å². The van der Waals surface area contributed by atoms with Gasteiger partial charge in [-0.05, 0) is 44.7 Å². The first-order chi connectivity index (χ1) is 8.83. The number of hydrogen-bond donors (Lipinski definition) is 1. The summed E-state index contributed by atoms with van der Waals surface area (Å²) in [5.41, 5.74) is 2.61. The molecule has 0 saturated heterocycles. The van der Waals surface area contributed by atoms with Crippen molar-refractivity contribution in [3.05, 3.63) is 17.5 Å². The van der Waals surface area contributed by atoms with Crippen molar-refractivity contribution in [3.8, 4) is 0 Å². The van der Waals surface area contributed by atoms with Gasteiger partial charge in [0.05, 0.1) is 5.69 Å². The van der Waals surface area contributed by atoms with Crippen LogP contribution in [0.2, 0.25) is 0 Å². The van der Waals surface area contributed by atoms with Gasteiger partial charge in [0.15, 0.2) is 0 Å². The van der Waals surface area contributed by atoms with Gasteiger partial charge in [0.2, 0.25) is 0 Å². The summed E-state index contributed by atoms with van der Waals surface area (Å²) in [6, 6.07) is 3.05. The highest BCUT2D eigenvalue weighted by Crippen LogP contribution is 2.17. The van der Waals surface area contributed by atoms with Crippen LogP contribution in [0, 0.1) is 0 Å². The summed E-state index contributed by atoms with van der Waals surface area (Å²) in [7, 11) is 0. The number of rotatable bonds is 7. The Morgan fingerprint density at radius 3 is 2.72 bits per heavy atom. The minimum absolute atomic E-state index is 0.791. The molecule has 0 radical (unpaired) electrons. The van der Waals surface area contributed by atoms with E-state index in [1.165, 1.54) is 43.5 Å². The molecule has 2 rings (SSSR count). The highest BCUT2D eigenvalue weighted by atomic mass is 15.3. The Morgan fingerprint density at radius 2 is 2.06 bits per heavy atom. The van der Waals surface area contributed by atoms with E-state index < -0.39 is 0 Å². The van der Waals surface area contributed by atoms with E-state index in [0.717, 1.165) is 32.0 Å². The zero-order chi connectivity index (χ0) is 12.8. The molecule has 1 heterocycles. The van der Waals surface area contributed by atoms with Crippen LogP contribution in [-0.2, 0) is 19.4 Å². The van der Waals surface area contributed by atoms with Gasteiger partial charge in [-0.3, -0.25) is 4.68 Å². The highest BCUT2D eigenvalue weighted by molar-refractivity contribution is 5.10. The fraction of sp³-hybridized carbons (Fsp3) is 0.800. The van der Waals surface area contributed by atoms with Gasteiger partial charge in [-0.25, -0.2) is 0 Å². The molecule has 1 aliphatic carbocycles. The minimum Gasteiger partial charge on any atom is -0.314 e. The molecule has 3 nitrogen and oxygen atoms in total. The van der Waals surface area contributed by atoms with E-state index >= 15 is 0 Å². The normalized spacial score (nSPS) is 16.6. The first-order valence-corrected chi connectivity index (χ1v) is 7.62. The minimum atomic E-state index is 0.791. The van der Waals surface area contributed by atoms with Crippen LogP contribution in [-0.4, -0.2) is 22.4 Å². The third-order valence-corrected chi connectivity index (χ3v) is 3.97. The average Bonchev–Trinajstić information content (AvgIpc) is 3.03. The summed E-state index contributed by atoms with van der Waals surface area (Å²) in [6.07, 6.45) is 8.90. The monoisotopic (exact) mass is 249 g/mol. The molecular weight excluding hydrogens is 222 g/mol. The second kappa shape index (κ2) is 6.93. The summed E-state index contributed by atoms with van der Waals surface area (Å²) in [6.45, 7) is 6.58. The molecule has 0 unspecified atom stereocenters. The maximum Gasteiger partial charge on any atom is 0.0624 e. The first kappa shape index (κ1) is 13.6. The van der Waals surface area contributed by atoms with Crippen LogP contribution >= 0.6 is 0 Å². The maximum atomic E-state index is 4.66. The van der Waals surface area contributed by atoms with Crippen LogP contribution < -0.4 is 5.32 Å². The fourth-order valence-electron chi connectivity index (χ4n) is 2.83. The van der Waals surface area contributed by atoms with Crippen molar-refractivity contribution in [2.75, 3.05) is 6.54 Å². The van der Waals surface area contributed by atoms with Crippen molar-refractivity contribution in [3.63, 3.8) is 0 Å². The third-order valence-electron chi connectivity index (χ3n) is 3.97. The van der Waals surface area contributed by atoms with Gasteiger partial charge in [-0.15, -0.1) is 0 Å². The van der Waals surface area contributed by atoms with Crippen LogP contribution in [0.5, 0.6) is 0 Å². The van der Waals surface area contributed by atoms with E-state index in [1.807, 2.05) is 0 Å². The number of aryl methyl sites for hydroxylation is 3. The number of hydrogen-bond acceptors (Lipinski definition) is 2. The largest absolute Gasteiger partial charge is 0.314 e. The van der Waals surface area contributed by atoms with Gasteiger partial charge in [0.1, 0.15) is 0 Å². The molecule has 1 aromatic rings. The summed E-state index contributed by atoms with van der Waals surface area (Å²) >= 11 is 0. The highest BCUT2D eigenvalue weighted by Gasteiger charge is 2.13. The lowest BCUT2D eigenvalue weighted by Crippen LogP contribution is -2.27. The Bertz CT molecular complexity index is 351. The third kappa shape index (κ3) is 3.58. The van der Waals surface area contributed by atoms with Crippen LogP contribution in [0.25, 0.3) is 0 Å². The Kier molecular flexibility index (Phi) is 5.24. The molecule has 102 valence electrons. The van der Waals surface area contributed by atoms with Gasteiger partial charge in [0, 0.05) is 18.3 Å². The number of nitrogens with one attached hydrogen (secondary N) is 1. The zero-order valence-electron chi connectivity index (χ0n) is 11.9. The molecule has 0 aliphatic heterocycles. The molecule has 0 atom stereocenters. The van der Waals surface area contributed by atoms with Crippen LogP contribution in [0.15, 0.2) is 6.07 Å². The van der Waals surface area contributed by atoms with Gasteiger partial charge >= 0.3 is 0 Å². The maximum absolute atomic E-state index is 4.66. The molecule has 18 heavy (non-hydrogen) atoms. The molecule has 0 amide bonds. The molecule has 3 heteroatoms. The predicted molar refractivity (Wildman–Crippen MR) is 75.9 cm³/mol. The summed E-state index contributed by atoms with van der Waals surface area (Å²) in [5.74, 6) is 0. The standard InChI is InChI=1S/C15H27N3/c1-3-13-12-15(4-2)18(17-13)11-7-10-16-14-8-5-6-9-14/h12,14,16H,3-11H2,1-2H3. The molecule has 0 bridgehead atoms. The SMILES string of the molecule is CCc1cc(CC)n(CCCNC2CCCC2)n1. The lowest BCUT2D eigenvalue weighted by molar-refractivity contribution is 0.476. The van der Waals surface area contributed by atoms with Crippen LogP contribution in [0.1, 0.15) is 57.3 Å². The van der Waals surface area contributed by atoms with Gasteiger partial charge in [-0.1, -0.05) is 26.7 Å². The van der Waals surface area contributed by atoms with Crippen molar-refractivity contribution in [2.45, 2.75) is 71.4 Å². The predicted octanol–water partition coefficient (Wildman–Crippen LogP) is 2.93. The Morgan fingerprint density at radius 1 is 1.28 bits per heavy atom. The second-order valence-corrected chi connectivity index (χ2v) is 5.35. The smallest absolute Gasteiger partial charge is 0.0624 e. The van der Waals surface area contributed by atoms with E-state index in [9.17, 15) is 0 Å². The average molecular weight is 249 g/mol. The fourth-order valence-corrected chi connectivity index (χ4v) is 2.83. The number of aromatic nitrogens is 2. The Balaban J connectivity index is 1.73. The summed E-state index contributed by atoms with van der Waals surface area (Å²) in [4.78, 5) is 0. The van der Waals surface area contributed by atoms with Crippen LogP contribution in [0.3, 0.4) is 0 Å². The quantitative estimate of drug-likeness (QED) is 0.753. The lowest BCUT2D eigenvalue weighted by Gasteiger charge is -2.12. The molecule has 1 aromatic heterocycles. The summed E-state index contributed by atoms with van der Waals surface area (Å²) in [5, 5.41) is 8.33. The van der Waals surface area contributed by atoms with Gasteiger partial charge in [-0.2, -0.15) is 5.10 Å². The second-order valence-electron chi connectivity index (χ2n) is 5.35. The Labute approximate surface area is 111 Å². The molecule has 1 saturated carbocycles. The van der Waals surface area contributed by atoms with Gasteiger partial charge in [0.25, 0.3) is 0 Å². The summed E-state index contributed by atoms with van der Waals surface area (Å²) < 4.78 is 2.20. The van der Waals surface area contributed by atoms with E-state index in [2.05, 4.69) is 35.0 Å². The van der Waals surface area contributed by atoms with E-state index in [0.29, 0.717) is 0 Å². The number of nitrogens with zero attached hydrogens (tertiary/aromatic N) is 2. The molecule has 0 spiro atoms. The van der Waals surface area contributed by atoms with E-state index in [1.54, 1.807) is 0 Å². The van der Waals surface area contributed by atoms with Crippen molar-refractivity contribution in [1.29, 1.82) is 0 Å². The van der Waals surface area contributed by atoms with Gasteiger partial charge < -0.3 is 5.32 Å². The molecule has 1 N–H and O–H groups in total. The van der Waals surface area contributed by atoms with E-state index in [-0.39, 0.29) is 0 Å². The molecule has 1 aliphatic rings. The Hall–Kier alpha value is -0.830. The topological polar surface area (TPSA) is 29.9 Å². The van der Waals surface area contributed by atoms with Crippen LogP contribution in [0.4, 0.5) is 0 Å². The van der Waals surface area contributed by atoms with Crippen molar-refractivity contribution < 1.29 is 0 Å². The van der Waals surface area contributed by atoms with E-state index in [4.69, 9.17) is 0 Å².